The minimum atomic E-state index is -0.416. The fourth-order valence-electron chi connectivity index (χ4n) is 2.84. The van der Waals surface area contributed by atoms with Crippen LogP contribution >= 0.6 is 34.8 Å². The highest BCUT2D eigenvalue weighted by Crippen LogP contribution is 2.27. The number of nitrogens with zero attached hydrogens (tertiary/aromatic N) is 1. The molecule has 0 fully saturated rings. The number of amides is 1. The van der Waals surface area contributed by atoms with Crippen LogP contribution in [0.15, 0.2) is 66.7 Å². The van der Waals surface area contributed by atoms with Gasteiger partial charge in [-0.1, -0.05) is 40.9 Å². The topological polar surface area (TPSA) is 46.6 Å². The summed E-state index contributed by atoms with van der Waals surface area (Å²) in [6.45, 7) is 2.25. The van der Waals surface area contributed by atoms with Gasteiger partial charge >= 0.3 is 5.97 Å². The van der Waals surface area contributed by atoms with Crippen molar-refractivity contribution in [1.29, 1.82) is 0 Å². The number of rotatable bonds is 6. The molecule has 0 heterocycles. The third kappa shape index (κ3) is 5.33. The quantitative estimate of drug-likeness (QED) is 0.384. The van der Waals surface area contributed by atoms with Gasteiger partial charge in [-0.05, 0) is 73.2 Å². The lowest BCUT2D eigenvalue weighted by atomic mass is 10.1. The van der Waals surface area contributed by atoms with Gasteiger partial charge in [-0.2, -0.15) is 0 Å². The Morgan fingerprint density at radius 3 is 2.03 bits per heavy atom. The maximum atomic E-state index is 13.3. The Labute approximate surface area is 189 Å². The maximum absolute atomic E-state index is 13.3. The Kier molecular flexibility index (Phi) is 7.38. The fraction of sp³-hybridized carbons (Fsp3) is 0.130. The largest absolute Gasteiger partial charge is 0.462 e. The molecule has 0 N–H and O–H groups in total. The van der Waals surface area contributed by atoms with Crippen molar-refractivity contribution in [3.63, 3.8) is 0 Å². The predicted molar refractivity (Wildman–Crippen MR) is 121 cm³/mol. The van der Waals surface area contributed by atoms with Gasteiger partial charge in [-0.25, -0.2) is 4.79 Å². The maximum Gasteiger partial charge on any atom is 0.338 e. The minimum absolute atomic E-state index is 0.218. The van der Waals surface area contributed by atoms with E-state index in [1.165, 1.54) is 0 Å². The minimum Gasteiger partial charge on any atom is -0.462 e. The molecule has 4 nitrogen and oxygen atoms in total. The lowest BCUT2D eigenvalue weighted by Gasteiger charge is -2.24. The lowest BCUT2D eigenvalue weighted by molar-refractivity contribution is 0.0526. The predicted octanol–water partition coefficient (Wildman–Crippen LogP) is 6.67. The van der Waals surface area contributed by atoms with Crippen LogP contribution < -0.4 is 4.90 Å². The summed E-state index contributed by atoms with van der Waals surface area (Å²) in [6.07, 6.45) is 0. The zero-order valence-electron chi connectivity index (χ0n) is 16.1. The van der Waals surface area contributed by atoms with Gasteiger partial charge < -0.3 is 9.64 Å². The van der Waals surface area contributed by atoms with E-state index in [-0.39, 0.29) is 19.1 Å². The van der Waals surface area contributed by atoms with Gasteiger partial charge in [0.25, 0.3) is 5.91 Å². The second-order valence-electron chi connectivity index (χ2n) is 6.40. The van der Waals surface area contributed by atoms with Crippen LogP contribution in [0.4, 0.5) is 5.69 Å². The molecular formula is C23H18Cl3NO3. The first kappa shape index (κ1) is 22.2. The number of esters is 1. The summed E-state index contributed by atoms with van der Waals surface area (Å²) in [5.41, 5.74) is 2.22. The number of ether oxygens (including phenoxy) is 1. The summed E-state index contributed by atoms with van der Waals surface area (Å²) in [4.78, 5) is 26.8. The Hall–Kier alpha value is -2.53. The van der Waals surface area contributed by atoms with Crippen molar-refractivity contribution in [2.75, 3.05) is 11.5 Å². The SMILES string of the molecule is CCOC(=O)c1ccc(N(Cc2ccc(Cl)cc2Cl)C(=O)c2ccc(Cl)cc2)cc1. The van der Waals surface area contributed by atoms with Crippen LogP contribution in [-0.4, -0.2) is 18.5 Å². The second kappa shape index (κ2) is 9.98. The highest BCUT2D eigenvalue weighted by molar-refractivity contribution is 6.35. The van der Waals surface area contributed by atoms with Gasteiger partial charge in [-0.15, -0.1) is 0 Å². The monoisotopic (exact) mass is 461 g/mol. The van der Waals surface area contributed by atoms with Crippen LogP contribution in [-0.2, 0) is 11.3 Å². The molecule has 3 aromatic rings. The van der Waals surface area contributed by atoms with Crippen LogP contribution in [0.3, 0.4) is 0 Å². The summed E-state index contributed by atoms with van der Waals surface area (Å²) >= 11 is 18.3. The van der Waals surface area contributed by atoms with Crippen LogP contribution in [0, 0.1) is 0 Å². The van der Waals surface area contributed by atoms with Gasteiger partial charge in [0.1, 0.15) is 0 Å². The standard InChI is InChI=1S/C23H18Cl3NO3/c1-2-30-23(29)16-6-11-20(12-7-16)27(14-17-5-10-19(25)13-21(17)26)22(28)15-3-8-18(24)9-4-15/h3-13H,2,14H2,1H3. The molecule has 0 atom stereocenters. The molecule has 1 amide bonds. The van der Waals surface area contributed by atoms with E-state index < -0.39 is 5.97 Å². The smallest absolute Gasteiger partial charge is 0.338 e. The molecule has 0 aliphatic rings. The summed E-state index contributed by atoms with van der Waals surface area (Å²) < 4.78 is 5.02. The Morgan fingerprint density at radius 1 is 0.833 bits per heavy atom. The summed E-state index contributed by atoms with van der Waals surface area (Å²) in [5.74, 6) is -0.651. The highest BCUT2D eigenvalue weighted by atomic mass is 35.5. The van der Waals surface area contributed by atoms with Crippen LogP contribution in [0.2, 0.25) is 15.1 Å². The molecule has 3 aromatic carbocycles. The van der Waals surface area contributed by atoms with Crippen LogP contribution in [0.1, 0.15) is 33.2 Å². The average Bonchev–Trinajstić information content (AvgIpc) is 2.74. The third-order valence-corrected chi connectivity index (χ3v) is 5.21. The molecule has 0 spiro atoms. The number of hydrogen-bond acceptors (Lipinski definition) is 3. The van der Waals surface area contributed by atoms with Gasteiger partial charge in [0.15, 0.2) is 0 Å². The van der Waals surface area contributed by atoms with E-state index in [0.29, 0.717) is 31.9 Å². The van der Waals surface area contributed by atoms with E-state index in [0.717, 1.165) is 5.56 Å². The highest BCUT2D eigenvalue weighted by Gasteiger charge is 2.20. The zero-order valence-corrected chi connectivity index (χ0v) is 18.3. The molecule has 0 bridgehead atoms. The van der Waals surface area contributed by atoms with Crippen molar-refractivity contribution in [3.05, 3.63) is 98.5 Å². The van der Waals surface area contributed by atoms with E-state index >= 15 is 0 Å². The molecular weight excluding hydrogens is 445 g/mol. The van der Waals surface area contributed by atoms with Crippen LogP contribution in [0.5, 0.6) is 0 Å². The molecule has 3 rings (SSSR count). The summed E-state index contributed by atoms with van der Waals surface area (Å²) in [5, 5.41) is 1.51. The molecule has 7 heteroatoms. The number of hydrogen-bond donors (Lipinski definition) is 0. The Morgan fingerprint density at radius 2 is 1.43 bits per heavy atom. The molecule has 0 unspecified atom stereocenters. The number of carbonyl (C=O) groups is 2. The molecule has 0 aliphatic carbocycles. The molecule has 0 aromatic heterocycles. The lowest BCUT2D eigenvalue weighted by Crippen LogP contribution is -2.30. The van der Waals surface area contributed by atoms with E-state index in [2.05, 4.69) is 0 Å². The van der Waals surface area contributed by atoms with E-state index in [1.807, 2.05) is 0 Å². The summed E-state index contributed by atoms with van der Waals surface area (Å²) in [7, 11) is 0. The average molecular weight is 463 g/mol. The van der Waals surface area contributed by atoms with Crippen molar-refractivity contribution in [2.45, 2.75) is 13.5 Å². The fourth-order valence-corrected chi connectivity index (χ4v) is 3.44. The summed E-state index contributed by atoms with van der Waals surface area (Å²) in [6, 6.07) is 18.4. The first-order valence-electron chi connectivity index (χ1n) is 9.17. The normalized spacial score (nSPS) is 10.5. The Balaban J connectivity index is 1.97. The van der Waals surface area contributed by atoms with E-state index in [1.54, 1.807) is 78.6 Å². The molecule has 154 valence electrons. The zero-order chi connectivity index (χ0) is 21.7. The van der Waals surface area contributed by atoms with Gasteiger partial charge in [0.2, 0.25) is 0 Å². The first-order valence-corrected chi connectivity index (χ1v) is 10.3. The number of anilines is 1. The van der Waals surface area contributed by atoms with Gasteiger partial charge in [0.05, 0.1) is 18.7 Å². The Bertz CT molecular complexity index is 1050. The van der Waals surface area contributed by atoms with E-state index in [9.17, 15) is 9.59 Å². The van der Waals surface area contributed by atoms with Crippen molar-refractivity contribution in [1.82, 2.24) is 0 Å². The number of carbonyl (C=O) groups excluding carboxylic acids is 2. The molecule has 0 saturated carbocycles. The van der Waals surface area contributed by atoms with Crippen molar-refractivity contribution >= 4 is 52.4 Å². The van der Waals surface area contributed by atoms with E-state index in [4.69, 9.17) is 39.5 Å². The van der Waals surface area contributed by atoms with Gasteiger partial charge in [0, 0.05) is 26.3 Å². The number of halogens is 3. The first-order chi connectivity index (χ1) is 14.4. The number of benzene rings is 3. The van der Waals surface area contributed by atoms with Crippen LogP contribution in [0.25, 0.3) is 0 Å². The molecule has 0 aliphatic heterocycles. The van der Waals surface area contributed by atoms with Gasteiger partial charge in [-0.3, -0.25) is 4.79 Å². The molecule has 0 saturated heterocycles. The molecule has 30 heavy (non-hydrogen) atoms. The van der Waals surface area contributed by atoms with Crippen molar-refractivity contribution < 1.29 is 14.3 Å². The molecule has 0 radical (unpaired) electrons. The van der Waals surface area contributed by atoms with Crippen molar-refractivity contribution in [3.8, 4) is 0 Å². The van der Waals surface area contributed by atoms with Crippen molar-refractivity contribution in [2.24, 2.45) is 0 Å². The third-order valence-electron chi connectivity index (χ3n) is 4.37. The second-order valence-corrected chi connectivity index (χ2v) is 7.68.